The van der Waals surface area contributed by atoms with E-state index in [-0.39, 0.29) is 36.1 Å². The Bertz CT molecular complexity index is 2170. The van der Waals surface area contributed by atoms with Crippen molar-refractivity contribution in [3.05, 3.63) is 180 Å². The van der Waals surface area contributed by atoms with Crippen LogP contribution in [0.25, 0.3) is 22.3 Å². The van der Waals surface area contributed by atoms with E-state index in [0.29, 0.717) is 21.9 Å². The molecule has 0 N–H and O–H groups in total. The summed E-state index contributed by atoms with van der Waals surface area (Å²) in [4.78, 5) is 0. The molecule has 0 aliphatic rings. The fourth-order valence-corrected chi connectivity index (χ4v) is 9.94. The minimum atomic E-state index is -2.48. The molecule has 0 aromatic heterocycles. The van der Waals surface area contributed by atoms with Crippen molar-refractivity contribution in [3.8, 4) is 22.3 Å². The van der Waals surface area contributed by atoms with E-state index >= 15 is 0 Å². The van der Waals surface area contributed by atoms with Crippen molar-refractivity contribution < 1.29 is 45.2 Å². The Kier molecular flexibility index (Phi) is 22.0. The topological polar surface area (TPSA) is 0 Å². The molecule has 6 aromatic carbocycles. The van der Waals surface area contributed by atoms with Crippen molar-refractivity contribution in [3.63, 3.8) is 0 Å². The van der Waals surface area contributed by atoms with E-state index < -0.39 is 38.7 Å². The zero-order valence-electron chi connectivity index (χ0n) is 36.2. The molecule has 0 nitrogen and oxygen atoms in total. The van der Waals surface area contributed by atoms with E-state index in [9.17, 15) is 26.3 Å². The normalized spacial score (nSPS) is 10.8. The van der Waals surface area contributed by atoms with Crippen LogP contribution in [-0.4, -0.2) is 15.5 Å². The third kappa shape index (κ3) is 15.3. The number of unbranched alkanes of at least 4 members (excludes halogenated alkanes) is 1. The number of benzene rings is 6. The summed E-state index contributed by atoms with van der Waals surface area (Å²) in [6.07, 6.45) is 6.37. The number of aryl methyl sites for hydroxylation is 2. The van der Waals surface area contributed by atoms with Crippen molar-refractivity contribution in [2.24, 2.45) is 0 Å². The summed E-state index contributed by atoms with van der Waals surface area (Å²) in [6.45, 7) is 17.9. The molecule has 0 bridgehead atoms. The monoisotopic (exact) mass is 868 g/mol. The average Bonchev–Trinajstić information content (AvgIpc) is 3.21. The van der Waals surface area contributed by atoms with Crippen molar-refractivity contribution in [2.75, 3.05) is 0 Å². The maximum Gasteiger partial charge on any atom is 1.00 e. The Hall–Kier alpha value is -3.78. The quantitative estimate of drug-likeness (QED) is 0.0557. The number of halogens is 7. The van der Waals surface area contributed by atoms with Crippen LogP contribution < -0.4 is 34.4 Å². The van der Waals surface area contributed by atoms with Crippen LogP contribution >= 0.6 is 11.1 Å². The van der Waals surface area contributed by atoms with Gasteiger partial charge in [-0.1, -0.05) is 168 Å². The van der Waals surface area contributed by atoms with Gasteiger partial charge < -0.3 is 6.92 Å². The van der Waals surface area contributed by atoms with Crippen LogP contribution in [0.3, 0.4) is 0 Å². The van der Waals surface area contributed by atoms with E-state index in [0.717, 1.165) is 48.5 Å². The third-order valence-corrected chi connectivity index (χ3v) is 15.6. The molecule has 0 radical (unpaired) electrons. The van der Waals surface area contributed by atoms with Gasteiger partial charge >= 0.3 is 18.9 Å². The van der Waals surface area contributed by atoms with Gasteiger partial charge in [-0.05, 0) is 75.8 Å². The summed E-state index contributed by atoms with van der Waals surface area (Å²) < 4.78 is 82.2. The smallest absolute Gasteiger partial charge is 0.343 e. The molecule has 6 aromatic rings. The van der Waals surface area contributed by atoms with Gasteiger partial charge in [0, 0.05) is 11.1 Å². The zero-order chi connectivity index (χ0) is 43.8. The molecule has 0 unspecified atom stereocenters. The fourth-order valence-electron chi connectivity index (χ4n) is 6.13. The van der Waals surface area contributed by atoms with Gasteiger partial charge in [-0.3, -0.25) is 0 Å². The van der Waals surface area contributed by atoms with Crippen LogP contribution in [0.15, 0.2) is 127 Å². The van der Waals surface area contributed by atoms with Gasteiger partial charge in [0.2, 0.25) is 0 Å². The maximum atomic E-state index is 15.0. The minimum Gasteiger partial charge on any atom is -0.343 e. The summed E-state index contributed by atoms with van der Waals surface area (Å²) >= 11 is 6.13. The van der Waals surface area contributed by atoms with Gasteiger partial charge in [-0.15, -0.1) is 0 Å². The van der Waals surface area contributed by atoms with Crippen molar-refractivity contribution in [2.45, 2.75) is 85.5 Å². The Morgan fingerprint density at radius 1 is 0.483 bits per heavy atom. The van der Waals surface area contributed by atoms with Gasteiger partial charge in [0.05, 0.1) is 0 Å². The molecule has 10 heteroatoms. The summed E-state index contributed by atoms with van der Waals surface area (Å²) in [7, 11) is -4.23. The Balaban J connectivity index is 0.000000320. The minimum absolute atomic E-state index is 0. The van der Waals surface area contributed by atoms with Crippen LogP contribution in [0.5, 0.6) is 0 Å². The van der Waals surface area contributed by atoms with E-state index in [1.807, 2.05) is 74.7 Å². The first kappa shape index (κ1) is 52.4. The first-order valence-electron chi connectivity index (χ1n) is 20.1. The van der Waals surface area contributed by atoms with Crippen LogP contribution in [0, 0.1) is 41.8 Å². The van der Waals surface area contributed by atoms with E-state index in [4.69, 9.17) is 11.1 Å². The molecule has 0 aliphatic heterocycles. The number of hydrogen-bond acceptors (Lipinski definition) is 0. The van der Waals surface area contributed by atoms with Gasteiger partial charge in [-0.2, -0.15) is 17.5 Å². The van der Waals surface area contributed by atoms with Crippen LogP contribution in [0.1, 0.15) is 57.6 Å². The molecule has 0 aliphatic carbocycles. The molecule has 0 spiro atoms. The largest absolute Gasteiger partial charge is 1.00 e. The Morgan fingerprint density at radius 3 is 1.30 bits per heavy atom. The molecule has 60 heavy (non-hydrogen) atoms. The molecule has 0 saturated carbocycles. The average molecular weight is 870 g/mol. The molecular formula is C50H56ClF6LiSi2. The first-order chi connectivity index (χ1) is 28.0. The number of rotatable bonds is 10. The van der Waals surface area contributed by atoms with Gasteiger partial charge in [0.25, 0.3) is 0 Å². The Morgan fingerprint density at radius 2 is 0.900 bits per heavy atom. The van der Waals surface area contributed by atoms with E-state index in [2.05, 4.69) is 27.7 Å². The zero-order valence-corrected chi connectivity index (χ0v) is 39.0. The molecule has 0 fully saturated rings. The van der Waals surface area contributed by atoms with E-state index in [1.54, 1.807) is 42.5 Å². The summed E-state index contributed by atoms with van der Waals surface area (Å²) in [5, 5.41) is 2.32. The van der Waals surface area contributed by atoms with Gasteiger partial charge in [0.15, 0.2) is 30.7 Å². The second-order valence-corrected chi connectivity index (χ2v) is 26.0. The molecule has 314 valence electrons. The van der Waals surface area contributed by atoms with Crippen LogP contribution in [-0.2, 0) is 12.8 Å². The van der Waals surface area contributed by atoms with Crippen molar-refractivity contribution in [1.29, 1.82) is 0 Å². The predicted octanol–water partition coefficient (Wildman–Crippen LogP) is 11.2. The predicted molar refractivity (Wildman–Crippen MR) is 244 cm³/mol. The first-order valence-corrected chi connectivity index (χ1v) is 27.1. The second-order valence-electron chi connectivity index (χ2n) is 15.2. The van der Waals surface area contributed by atoms with Crippen LogP contribution in [0.2, 0.25) is 26.2 Å². The summed E-state index contributed by atoms with van der Waals surface area (Å²) in [5.74, 6) is -3.75. The van der Waals surface area contributed by atoms with Crippen molar-refractivity contribution in [1.82, 2.24) is 0 Å². The molecule has 0 saturated heterocycles. The van der Waals surface area contributed by atoms with Gasteiger partial charge in [-0.25, -0.2) is 26.3 Å². The van der Waals surface area contributed by atoms with E-state index in [1.165, 1.54) is 47.9 Å². The SMILES string of the molecule is CCCc1ccc(-c2ccc([Si](C)(C)c3ccc(F)cc3)c(F)c2F)cc1.CCCc1ccc(-c2cccc(F)c2F)cc1.C[Si](C)(Cl)c1ccc(F)cc1.[CH2-]CCC.[Li+]. The molecule has 0 amide bonds. The molecule has 0 heterocycles. The summed E-state index contributed by atoms with van der Waals surface area (Å²) in [6, 6.07) is 35.3. The van der Waals surface area contributed by atoms with Crippen molar-refractivity contribution >= 4 is 42.1 Å². The molecule has 0 atom stereocenters. The standard InChI is InChI=1S/C23H23F3Si.C15H14F2.C8H10ClFSi.C4H9.Li/c1-4-5-16-6-8-17(9-7-16)20-14-15-21(23(26)22(20)25)27(2,3)19-12-10-18(24)11-13-19;1-2-4-11-7-9-12(10-8-11)13-5-3-6-14(16)15(13)17;1-11(2,9)8-5-3-7(10)4-6-8;1-3-4-2;/h6-15H,4-5H2,1-3H3;3,5-10H,2,4H2,1H3;3-6H,1-2H3;1,3-4H2,2H3;/q;;;-1;+1. The van der Waals surface area contributed by atoms with Gasteiger partial charge in [0.1, 0.15) is 19.7 Å². The third-order valence-electron chi connectivity index (χ3n) is 9.76. The molecule has 6 rings (SSSR count). The summed E-state index contributed by atoms with van der Waals surface area (Å²) in [5.41, 5.74) is 4.36. The fraction of sp³-hybridized carbons (Fsp3) is 0.260. The second kappa shape index (κ2) is 25.2. The molecular weight excluding hydrogens is 813 g/mol. The Labute approximate surface area is 373 Å². The number of hydrogen-bond donors (Lipinski definition) is 0. The maximum absolute atomic E-state index is 15.0. The van der Waals surface area contributed by atoms with Crippen LogP contribution in [0.4, 0.5) is 26.3 Å².